The second-order valence-corrected chi connectivity index (χ2v) is 4.87. The van der Waals surface area contributed by atoms with Gasteiger partial charge in [-0.3, -0.25) is 9.59 Å². The zero-order valence-electron chi connectivity index (χ0n) is 12.7. The number of unbranched alkanes of at least 4 members (excludes halogenated alkanes) is 4. The fourth-order valence-electron chi connectivity index (χ4n) is 1.91. The van der Waals surface area contributed by atoms with E-state index in [0.717, 1.165) is 32.2 Å². The van der Waals surface area contributed by atoms with Gasteiger partial charge in [-0.15, -0.1) is 0 Å². The van der Waals surface area contributed by atoms with Gasteiger partial charge >= 0.3 is 5.97 Å². The highest BCUT2D eigenvalue weighted by molar-refractivity contribution is 5.77. The lowest BCUT2D eigenvalue weighted by Gasteiger charge is -2.22. The average Bonchev–Trinajstić information content (AvgIpc) is 2.43. The Bertz CT molecular complexity index is 254. The molecular formula is C15H29NO3. The summed E-state index contributed by atoms with van der Waals surface area (Å²) >= 11 is 0. The predicted molar refractivity (Wildman–Crippen MR) is 76.9 cm³/mol. The molecule has 0 aromatic heterocycles. The summed E-state index contributed by atoms with van der Waals surface area (Å²) in [7, 11) is 1.38. The highest BCUT2D eigenvalue weighted by Crippen LogP contribution is 2.06. The van der Waals surface area contributed by atoms with Gasteiger partial charge in [-0.25, -0.2) is 0 Å². The van der Waals surface area contributed by atoms with Crippen molar-refractivity contribution in [3.05, 3.63) is 0 Å². The summed E-state index contributed by atoms with van der Waals surface area (Å²) in [6, 6.07) is 0. The van der Waals surface area contributed by atoms with Crippen molar-refractivity contribution in [2.75, 3.05) is 20.2 Å². The lowest BCUT2D eigenvalue weighted by atomic mass is 10.1. The van der Waals surface area contributed by atoms with Crippen LogP contribution in [0.2, 0.25) is 0 Å². The van der Waals surface area contributed by atoms with Crippen molar-refractivity contribution in [2.45, 2.75) is 65.2 Å². The molecule has 1 amide bonds. The highest BCUT2D eigenvalue weighted by atomic mass is 16.5. The minimum Gasteiger partial charge on any atom is -0.469 e. The SMILES string of the molecule is CCCCCCN(CCC(=O)OC)C(=O)CCCC. The normalized spacial score (nSPS) is 10.3. The van der Waals surface area contributed by atoms with Crippen molar-refractivity contribution in [3.8, 4) is 0 Å². The van der Waals surface area contributed by atoms with Gasteiger partial charge in [0.2, 0.25) is 5.91 Å². The van der Waals surface area contributed by atoms with E-state index in [9.17, 15) is 9.59 Å². The van der Waals surface area contributed by atoms with E-state index in [1.54, 1.807) is 0 Å². The molecule has 0 aliphatic rings. The first kappa shape index (κ1) is 17.9. The summed E-state index contributed by atoms with van der Waals surface area (Å²) in [4.78, 5) is 25.0. The minimum absolute atomic E-state index is 0.169. The molecule has 0 atom stereocenters. The molecule has 0 aromatic rings. The monoisotopic (exact) mass is 271 g/mol. The summed E-state index contributed by atoms with van der Waals surface area (Å²) in [6.45, 7) is 5.50. The Labute approximate surface area is 117 Å². The van der Waals surface area contributed by atoms with Gasteiger partial charge in [-0.1, -0.05) is 39.5 Å². The van der Waals surface area contributed by atoms with Gasteiger partial charge in [0, 0.05) is 19.5 Å². The van der Waals surface area contributed by atoms with Gasteiger partial charge in [0.25, 0.3) is 0 Å². The van der Waals surface area contributed by atoms with Gasteiger partial charge in [-0.05, 0) is 12.8 Å². The van der Waals surface area contributed by atoms with E-state index < -0.39 is 0 Å². The maximum atomic E-state index is 12.0. The Kier molecular flexibility index (Phi) is 11.3. The Hall–Kier alpha value is -1.06. The molecule has 4 heteroatoms. The number of nitrogens with zero attached hydrogens (tertiary/aromatic N) is 1. The van der Waals surface area contributed by atoms with E-state index in [-0.39, 0.29) is 11.9 Å². The van der Waals surface area contributed by atoms with Crippen LogP contribution in [0.25, 0.3) is 0 Å². The van der Waals surface area contributed by atoms with Crippen LogP contribution in [0, 0.1) is 0 Å². The lowest BCUT2D eigenvalue weighted by Crippen LogP contribution is -2.34. The molecule has 0 heterocycles. The Morgan fingerprint density at radius 3 is 2.16 bits per heavy atom. The molecule has 0 bridgehead atoms. The topological polar surface area (TPSA) is 46.6 Å². The van der Waals surface area contributed by atoms with Crippen LogP contribution in [0.4, 0.5) is 0 Å². The maximum Gasteiger partial charge on any atom is 0.307 e. The Morgan fingerprint density at radius 1 is 0.895 bits per heavy atom. The van der Waals surface area contributed by atoms with E-state index in [4.69, 9.17) is 0 Å². The molecule has 4 nitrogen and oxygen atoms in total. The molecule has 0 aliphatic carbocycles. The van der Waals surface area contributed by atoms with Gasteiger partial charge < -0.3 is 9.64 Å². The van der Waals surface area contributed by atoms with Crippen LogP contribution in [0.3, 0.4) is 0 Å². The van der Waals surface area contributed by atoms with Crippen molar-refractivity contribution in [1.29, 1.82) is 0 Å². The number of hydrogen-bond donors (Lipinski definition) is 0. The number of esters is 1. The molecule has 0 fully saturated rings. The lowest BCUT2D eigenvalue weighted by molar-refractivity contribution is -0.141. The standard InChI is InChI=1S/C15H29NO3/c1-4-6-8-9-12-16(13-11-15(18)19-3)14(17)10-7-5-2/h4-13H2,1-3H3. The fourth-order valence-corrected chi connectivity index (χ4v) is 1.91. The molecule has 0 unspecified atom stereocenters. The van der Waals surface area contributed by atoms with Crippen LogP contribution in [0.1, 0.15) is 65.2 Å². The smallest absolute Gasteiger partial charge is 0.307 e. The Balaban J connectivity index is 4.12. The van der Waals surface area contributed by atoms with Gasteiger partial charge in [0.1, 0.15) is 0 Å². The molecule has 0 saturated heterocycles. The zero-order chi connectivity index (χ0) is 14.5. The van der Waals surface area contributed by atoms with E-state index in [2.05, 4.69) is 18.6 Å². The first-order valence-corrected chi connectivity index (χ1v) is 7.50. The molecule has 112 valence electrons. The van der Waals surface area contributed by atoms with Crippen LogP contribution in [-0.4, -0.2) is 37.0 Å². The number of amides is 1. The molecule has 0 spiro atoms. The van der Waals surface area contributed by atoms with Gasteiger partial charge in [0.15, 0.2) is 0 Å². The van der Waals surface area contributed by atoms with E-state index in [1.165, 1.54) is 20.0 Å². The van der Waals surface area contributed by atoms with Gasteiger partial charge in [-0.2, -0.15) is 0 Å². The summed E-state index contributed by atoms with van der Waals surface area (Å²) in [5.41, 5.74) is 0. The van der Waals surface area contributed by atoms with Crippen molar-refractivity contribution in [3.63, 3.8) is 0 Å². The van der Waals surface area contributed by atoms with E-state index in [1.807, 2.05) is 4.90 Å². The minimum atomic E-state index is -0.248. The number of carbonyl (C=O) groups excluding carboxylic acids is 2. The fraction of sp³-hybridized carbons (Fsp3) is 0.867. The first-order valence-electron chi connectivity index (χ1n) is 7.50. The summed E-state index contributed by atoms with van der Waals surface area (Å²) < 4.78 is 4.63. The number of carbonyl (C=O) groups is 2. The summed E-state index contributed by atoms with van der Waals surface area (Å²) in [6.07, 6.45) is 7.38. The van der Waals surface area contributed by atoms with Crippen LogP contribution in [0.5, 0.6) is 0 Å². The quantitative estimate of drug-likeness (QED) is 0.428. The third-order valence-electron chi connectivity index (χ3n) is 3.19. The van der Waals surface area contributed by atoms with Gasteiger partial charge in [0.05, 0.1) is 13.5 Å². The van der Waals surface area contributed by atoms with Crippen molar-refractivity contribution < 1.29 is 14.3 Å². The summed E-state index contributed by atoms with van der Waals surface area (Å²) in [5, 5.41) is 0. The first-order chi connectivity index (χ1) is 9.15. The van der Waals surface area contributed by atoms with E-state index in [0.29, 0.717) is 19.4 Å². The van der Waals surface area contributed by atoms with Crippen LogP contribution < -0.4 is 0 Å². The Morgan fingerprint density at radius 2 is 1.58 bits per heavy atom. The third kappa shape index (κ3) is 9.51. The largest absolute Gasteiger partial charge is 0.469 e. The molecule has 0 aliphatic heterocycles. The van der Waals surface area contributed by atoms with Crippen LogP contribution >= 0.6 is 0 Å². The molecule has 0 radical (unpaired) electrons. The number of ether oxygens (including phenoxy) is 1. The van der Waals surface area contributed by atoms with Crippen molar-refractivity contribution >= 4 is 11.9 Å². The predicted octanol–water partition coefficient (Wildman–Crippen LogP) is 3.15. The number of rotatable bonds is 11. The zero-order valence-corrected chi connectivity index (χ0v) is 12.7. The van der Waals surface area contributed by atoms with Crippen molar-refractivity contribution in [2.24, 2.45) is 0 Å². The molecule has 0 rings (SSSR count). The maximum absolute atomic E-state index is 12.0. The van der Waals surface area contributed by atoms with Crippen LogP contribution in [0.15, 0.2) is 0 Å². The van der Waals surface area contributed by atoms with Crippen LogP contribution in [-0.2, 0) is 14.3 Å². The molecule has 19 heavy (non-hydrogen) atoms. The number of methoxy groups -OCH3 is 1. The van der Waals surface area contributed by atoms with E-state index >= 15 is 0 Å². The third-order valence-corrected chi connectivity index (χ3v) is 3.19. The second-order valence-electron chi connectivity index (χ2n) is 4.87. The van der Waals surface area contributed by atoms with Crippen molar-refractivity contribution in [1.82, 2.24) is 4.90 Å². The second kappa shape index (κ2) is 12.0. The highest BCUT2D eigenvalue weighted by Gasteiger charge is 2.14. The molecular weight excluding hydrogens is 242 g/mol. The number of hydrogen-bond acceptors (Lipinski definition) is 3. The molecule has 0 saturated carbocycles. The summed E-state index contributed by atoms with van der Waals surface area (Å²) in [5.74, 6) is -0.0795. The average molecular weight is 271 g/mol. The molecule has 0 N–H and O–H groups in total. The molecule has 0 aromatic carbocycles.